The van der Waals surface area contributed by atoms with E-state index in [0.717, 1.165) is 35.1 Å². The van der Waals surface area contributed by atoms with Crippen LogP contribution in [-0.4, -0.2) is 31.3 Å². The summed E-state index contributed by atoms with van der Waals surface area (Å²) in [5.74, 6) is 0.848. The molecule has 1 aromatic carbocycles. The van der Waals surface area contributed by atoms with Crippen LogP contribution in [0.1, 0.15) is 18.0 Å². The average Bonchev–Trinajstić information content (AvgIpc) is 2.97. The van der Waals surface area contributed by atoms with Gasteiger partial charge in [-0.25, -0.2) is 4.98 Å². The fourth-order valence-electron chi connectivity index (χ4n) is 2.36. The molecule has 3 rings (SSSR count). The van der Waals surface area contributed by atoms with Gasteiger partial charge in [-0.2, -0.15) is 0 Å². The molecule has 1 aromatic heterocycles. The maximum atomic E-state index is 5.93. The van der Waals surface area contributed by atoms with Crippen LogP contribution in [0.25, 0.3) is 11.3 Å². The Bertz CT molecular complexity index is 591. The van der Waals surface area contributed by atoms with Crippen LogP contribution in [0.3, 0.4) is 0 Å². The molecule has 0 spiro atoms. The molecule has 0 bridgehead atoms. The lowest BCUT2D eigenvalue weighted by Gasteiger charge is -2.27. The fourth-order valence-corrected chi connectivity index (χ4v) is 3.21. The van der Waals surface area contributed by atoms with Crippen LogP contribution < -0.4 is 10.1 Å². The van der Waals surface area contributed by atoms with Gasteiger partial charge in [0.25, 0.3) is 0 Å². The van der Waals surface area contributed by atoms with E-state index in [1.807, 2.05) is 24.3 Å². The minimum absolute atomic E-state index is 0. The summed E-state index contributed by atoms with van der Waals surface area (Å²) in [4.78, 5) is 4.72. The van der Waals surface area contributed by atoms with Gasteiger partial charge in [0, 0.05) is 24.0 Å². The first-order chi connectivity index (χ1) is 9.78. The summed E-state index contributed by atoms with van der Waals surface area (Å²) in [6.07, 6.45) is 0.277. The van der Waals surface area contributed by atoms with Gasteiger partial charge < -0.3 is 14.8 Å². The molecule has 6 heteroatoms. The van der Waals surface area contributed by atoms with Crippen molar-refractivity contribution in [2.45, 2.75) is 19.1 Å². The molecule has 1 fully saturated rings. The van der Waals surface area contributed by atoms with Gasteiger partial charge in [-0.1, -0.05) is 12.1 Å². The van der Waals surface area contributed by atoms with Crippen molar-refractivity contribution in [3.63, 3.8) is 0 Å². The summed E-state index contributed by atoms with van der Waals surface area (Å²) < 4.78 is 11.3. The van der Waals surface area contributed by atoms with Gasteiger partial charge in [0.05, 0.1) is 18.9 Å². The number of aromatic nitrogens is 1. The molecule has 0 saturated carbocycles. The second-order valence-corrected chi connectivity index (χ2v) is 5.75. The number of ether oxygens (including phenoxy) is 2. The Hall–Kier alpha value is -1.14. The second-order valence-electron chi connectivity index (χ2n) is 4.86. The first kappa shape index (κ1) is 16.2. The molecule has 21 heavy (non-hydrogen) atoms. The predicted molar refractivity (Wildman–Crippen MR) is 87.5 cm³/mol. The molecular formula is C15H19ClN2O2S. The molecule has 114 valence electrons. The third-order valence-corrected chi connectivity index (χ3v) is 4.28. The largest absolute Gasteiger partial charge is 0.496 e. The van der Waals surface area contributed by atoms with Crippen LogP contribution in [0.5, 0.6) is 5.75 Å². The SMILES string of the molecule is COc1ccccc1-c1csc([C@H]2CNC[C@@H](C)O2)n1.Cl. The summed E-state index contributed by atoms with van der Waals surface area (Å²) >= 11 is 1.64. The van der Waals surface area contributed by atoms with E-state index in [0.29, 0.717) is 0 Å². The monoisotopic (exact) mass is 326 g/mol. The second kappa shape index (κ2) is 7.22. The maximum Gasteiger partial charge on any atom is 0.128 e. The van der Waals surface area contributed by atoms with Crippen molar-refractivity contribution in [1.29, 1.82) is 0 Å². The van der Waals surface area contributed by atoms with Gasteiger partial charge in [-0.3, -0.25) is 0 Å². The number of hydrogen-bond donors (Lipinski definition) is 1. The van der Waals surface area contributed by atoms with E-state index in [1.54, 1.807) is 18.4 Å². The Morgan fingerprint density at radius 1 is 1.33 bits per heavy atom. The molecule has 1 N–H and O–H groups in total. The van der Waals surface area contributed by atoms with Crippen molar-refractivity contribution in [2.24, 2.45) is 0 Å². The molecule has 0 unspecified atom stereocenters. The standard InChI is InChI=1S/C15H18N2O2S.ClH/c1-10-7-16-8-14(19-10)15-17-12(9-20-15)11-5-3-4-6-13(11)18-2;/h3-6,9-10,14,16H,7-8H2,1-2H3;1H/t10-,14-;/m1./s1. The molecule has 0 aliphatic carbocycles. The number of halogens is 1. The minimum atomic E-state index is 0. The third-order valence-electron chi connectivity index (χ3n) is 3.34. The summed E-state index contributed by atoms with van der Waals surface area (Å²) in [6.45, 7) is 3.80. The number of para-hydroxylation sites is 1. The molecule has 2 atom stereocenters. The van der Waals surface area contributed by atoms with E-state index in [4.69, 9.17) is 14.5 Å². The highest BCUT2D eigenvalue weighted by molar-refractivity contribution is 7.10. The van der Waals surface area contributed by atoms with E-state index < -0.39 is 0 Å². The Labute approximate surface area is 134 Å². The van der Waals surface area contributed by atoms with Gasteiger partial charge in [0.1, 0.15) is 16.9 Å². The first-order valence-electron chi connectivity index (χ1n) is 6.73. The zero-order valence-electron chi connectivity index (χ0n) is 12.0. The topological polar surface area (TPSA) is 43.4 Å². The van der Waals surface area contributed by atoms with Crippen molar-refractivity contribution in [3.8, 4) is 17.0 Å². The zero-order valence-corrected chi connectivity index (χ0v) is 13.7. The maximum absolute atomic E-state index is 5.93. The predicted octanol–water partition coefficient (Wildman–Crippen LogP) is 3.29. The third kappa shape index (κ3) is 3.55. The lowest BCUT2D eigenvalue weighted by molar-refractivity contribution is -0.0287. The summed E-state index contributed by atoms with van der Waals surface area (Å²) in [5, 5.41) is 6.46. The summed E-state index contributed by atoms with van der Waals surface area (Å²) in [7, 11) is 1.68. The van der Waals surface area contributed by atoms with E-state index in [9.17, 15) is 0 Å². The van der Waals surface area contributed by atoms with E-state index in [2.05, 4.69) is 17.6 Å². The summed E-state index contributed by atoms with van der Waals surface area (Å²) in [6, 6.07) is 7.94. The molecule has 2 aromatic rings. The van der Waals surface area contributed by atoms with Crippen molar-refractivity contribution >= 4 is 23.7 Å². The highest BCUT2D eigenvalue weighted by Crippen LogP contribution is 2.33. The Balaban J connectivity index is 0.00000161. The average molecular weight is 327 g/mol. The van der Waals surface area contributed by atoms with Crippen LogP contribution >= 0.6 is 23.7 Å². The fraction of sp³-hybridized carbons (Fsp3) is 0.400. The Kier molecular flexibility index (Phi) is 5.58. The quantitative estimate of drug-likeness (QED) is 0.940. The lowest BCUT2D eigenvalue weighted by atomic mass is 10.1. The number of methoxy groups -OCH3 is 1. The van der Waals surface area contributed by atoms with Crippen LogP contribution in [0, 0.1) is 0 Å². The number of thiazole rings is 1. The van der Waals surface area contributed by atoms with Crippen LogP contribution in [0.15, 0.2) is 29.6 Å². The van der Waals surface area contributed by atoms with Crippen LogP contribution in [0.4, 0.5) is 0 Å². The van der Waals surface area contributed by atoms with E-state index in [-0.39, 0.29) is 24.6 Å². The van der Waals surface area contributed by atoms with Gasteiger partial charge in [0.15, 0.2) is 0 Å². The smallest absolute Gasteiger partial charge is 0.128 e. The highest BCUT2D eigenvalue weighted by Gasteiger charge is 2.23. The van der Waals surface area contributed by atoms with E-state index in [1.165, 1.54) is 0 Å². The first-order valence-corrected chi connectivity index (χ1v) is 7.61. The number of nitrogens with zero attached hydrogens (tertiary/aromatic N) is 1. The molecule has 4 nitrogen and oxygen atoms in total. The number of rotatable bonds is 3. The molecule has 1 aliphatic rings. The van der Waals surface area contributed by atoms with Crippen molar-refractivity contribution < 1.29 is 9.47 Å². The number of hydrogen-bond acceptors (Lipinski definition) is 5. The van der Waals surface area contributed by atoms with Gasteiger partial charge in [-0.05, 0) is 19.1 Å². The molecule has 1 saturated heterocycles. The number of morpholine rings is 1. The molecule has 0 radical (unpaired) electrons. The van der Waals surface area contributed by atoms with Crippen LogP contribution in [0.2, 0.25) is 0 Å². The lowest BCUT2D eigenvalue weighted by Crippen LogP contribution is -2.38. The summed E-state index contributed by atoms with van der Waals surface area (Å²) in [5.41, 5.74) is 1.97. The Morgan fingerprint density at radius 3 is 2.90 bits per heavy atom. The normalized spacial score (nSPS) is 21.6. The number of benzene rings is 1. The van der Waals surface area contributed by atoms with Gasteiger partial charge >= 0.3 is 0 Å². The highest BCUT2D eigenvalue weighted by atomic mass is 35.5. The van der Waals surface area contributed by atoms with Crippen molar-refractivity contribution in [1.82, 2.24) is 10.3 Å². The molecular weight excluding hydrogens is 308 g/mol. The van der Waals surface area contributed by atoms with Crippen molar-refractivity contribution in [3.05, 3.63) is 34.7 Å². The van der Waals surface area contributed by atoms with Gasteiger partial charge in [-0.15, -0.1) is 23.7 Å². The van der Waals surface area contributed by atoms with Crippen molar-refractivity contribution in [2.75, 3.05) is 20.2 Å². The van der Waals surface area contributed by atoms with Gasteiger partial charge in [0.2, 0.25) is 0 Å². The molecule has 1 aliphatic heterocycles. The zero-order chi connectivity index (χ0) is 13.9. The van der Waals surface area contributed by atoms with E-state index >= 15 is 0 Å². The minimum Gasteiger partial charge on any atom is -0.496 e. The molecule has 0 amide bonds. The number of nitrogens with one attached hydrogen (secondary N) is 1. The van der Waals surface area contributed by atoms with Crippen LogP contribution in [-0.2, 0) is 4.74 Å². The Morgan fingerprint density at radius 2 is 2.14 bits per heavy atom. The molecule has 2 heterocycles.